The molecule has 14 nitrogen and oxygen atoms in total. The smallest absolute Gasteiger partial charge is 0.307 e. The fraction of sp³-hybridized carbons (Fsp3) is 0.167. The molecule has 0 bridgehead atoms. The number of aryl methyl sites for hydroxylation is 1. The second kappa shape index (κ2) is 12.6. The summed E-state index contributed by atoms with van der Waals surface area (Å²) < 4.78 is 54.7. The summed E-state index contributed by atoms with van der Waals surface area (Å²) in [6.07, 6.45) is -0.403. The van der Waals surface area contributed by atoms with Crippen molar-refractivity contribution in [3.63, 3.8) is 0 Å². The van der Waals surface area contributed by atoms with Crippen molar-refractivity contribution in [3.8, 4) is 0 Å². The number of benzene rings is 3. The molecule has 3 amide bonds. The zero-order valence-corrected chi connectivity index (χ0v) is 22.6. The molecule has 16 heteroatoms. The highest BCUT2D eigenvalue weighted by atomic mass is 32.2. The van der Waals surface area contributed by atoms with Crippen LogP contribution in [0.5, 0.6) is 0 Å². The fourth-order valence-electron chi connectivity index (χ4n) is 3.43. The summed E-state index contributed by atoms with van der Waals surface area (Å²) in [5.41, 5.74) is 2.39. The molecular weight excluding hydrogens is 566 g/mol. The minimum Gasteiger partial charge on any atom is -0.307 e. The zero-order chi connectivity index (χ0) is 29.5. The maximum absolute atomic E-state index is 13.5. The number of anilines is 1. The van der Waals surface area contributed by atoms with Crippen LogP contribution in [0.25, 0.3) is 0 Å². The number of carbonyl (C=O) groups is 2. The highest BCUT2D eigenvalue weighted by Gasteiger charge is 2.26. The number of nitro groups is 1. The van der Waals surface area contributed by atoms with E-state index in [4.69, 9.17) is 5.21 Å². The average molecular weight is 592 g/mol. The second-order valence-corrected chi connectivity index (χ2v) is 12.1. The van der Waals surface area contributed by atoms with Crippen LogP contribution in [0.3, 0.4) is 0 Å². The number of rotatable bonds is 11. The van der Waals surface area contributed by atoms with Crippen LogP contribution in [-0.2, 0) is 31.4 Å². The summed E-state index contributed by atoms with van der Waals surface area (Å²) in [5, 5.41) is 22.0. The Morgan fingerprint density at radius 1 is 0.950 bits per heavy atom. The number of urea groups is 1. The lowest BCUT2D eigenvalue weighted by atomic mass is 10.2. The van der Waals surface area contributed by atoms with Gasteiger partial charge in [0.25, 0.3) is 15.7 Å². The van der Waals surface area contributed by atoms with Gasteiger partial charge in [-0.05, 0) is 42.8 Å². The van der Waals surface area contributed by atoms with E-state index in [1.807, 2.05) is 4.72 Å². The molecule has 0 atom stereocenters. The van der Waals surface area contributed by atoms with E-state index >= 15 is 0 Å². The van der Waals surface area contributed by atoms with Crippen molar-refractivity contribution < 1.29 is 36.6 Å². The number of carbonyl (C=O) groups excluding carboxylic acids is 2. The third-order valence-electron chi connectivity index (χ3n) is 5.51. The van der Waals surface area contributed by atoms with Gasteiger partial charge in [0.1, 0.15) is 0 Å². The normalized spacial score (nSPS) is 11.6. The molecule has 212 valence electrons. The van der Waals surface area contributed by atoms with Crippen LogP contribution >= 0.6 is 0 Å². The first-order chi connectivity index (χ1) is 18.8. The van der Waals surface area contributed by atoms with Gasteiger partial charge in [0.2, 0.25) is 15.9 Å². The molecule has 0 heterocycles. The van der Waals surface area contributed by atoms with Crippen molar-refractivity contribution in [2.75, 3.05) is 11.9 Å². The molecule has 3 aromatic rings. The molecule has 0 fully saturated rings. The molecule has 40 heavy (non-hydrogen) atoms. The van der Waals surface area contributed by atoms with Gasteiger partial charge in [-0.25, -0.2) is 31.8 Å². The molecule has 0 unspecified atom stereocenters. The number of hydroxylamine groups is 1. The van der Waals surface area contributed by atoms with Crippen molar-refractivity contribution in [2.45, 2.75) is 29.7 Å². The van der Waals surface area contributed by atoms with Gasteiger partial charge in [-0.1, -0.05) is 35.9 Å². The zero-order valence-electron chi connectivity index (χ0n) is 21.0. The minimum absolute atomic E-state index is 0.0407. The van der Waals surface area contributed by atoms with E-state index in [-0.39, 0.29) is 34.3 Å². The van der Waals surface area contributed by atoms with Crippen LogP contribution in [0.1, 0.15) is 17.5 Å². The highest BCUT2D eigenvalue weighted by Crippen LogP contribution is 2.23. The molecule has 4 N–H and O–H groups in total. The van der Waals surface area contributed by atoms with Gasteiger partial charge >= 0.3 is 6.03 Å². The first kappa shape index (κ1) is 30.2. The summed E-state index contributed by atoms with van der Waals surface area (Å²) in [7, 11) is -8.52. The summed E-state index contributed by atoms with van der Waals surface area (Å²) in [6, 6.07) is 14.8. The SMILES string of the molecule is Cc1ccc(S(=O)(=O)NC(=O)Nc2cccc(S(=O)(=O)N(CCC(=O)NO)Cc3ccc([N+](=O)[O-])cc3)c2)cc1. The first-order valence-electron chi connectivity index (χ1n) is 11.5. The molecule has 0 aromatic heterocycles. The van der Waals surface area contributed by atoms with Gasteiger partial charge in [0.15, 0.2) is 0 Å². The predicted molar refractivity (Wildman–Crippen MR) is 142 cm³/mol. The fourth-order valence-corrected chi connectivity index (χ4v) is 5.81. The Labute approximate surface area is 229 Å². The lowest BCUT2D eigenvalue weighted by molar-refractivity contribution is -0.384. The maximum Gasteiger partial charge on any atom is 0.333 e. The number of nitrogens with one attached hydrogen (secondary N) is 3. The van der Waals surface area contributed by atoms with Crippen molar-refractivity contribution in [2.24, 2.45) is 0 Å². The monoisotopic (exact) mass is 591 g/mol. The van der Waals surface area contributed by atoms with Gasteiger partial charge in [0, 0.05) is 37.3 Å². The summed E-state index contributed by atoms with van der Waals surface area (Å²) >= 11 is 0. The minimum atomic E-state index is -4.32. The number of hydrogen-bond donors (Lipinski definition) is 4. The van der Waals surface area contributed by atoms with Crippen LogP contribution in [0, 0.1) is 17.0 Å². The van der Waals surface area contributed by atoms with Gasteiger partial charge < -0.3 is 5.32 Å². The number of non-ortho nitro benzene ring substituents is 1. The van der Waals surface area contributed by atoms with Crippen molar-refractivity contribution >= 4 is 43.4 Å². The number of sulfonamides is 2. The number of nitrogens with zero attached hydrogens (tertiary/aromatic N) is 2. The van der Waals surface area contributed by atoms with Gasteiger partial charge in [-0.3, -0.25) is 20.1 Å². The van der Waals surface area contributed by atoms with E-state index in [1.165, 1.54) is 60.1 Å². The Hall–Kier alpha value is -4.38. The molecule has 0 saturated carbocycles. The molecule has 0 aliphatic rings. The van der Waals surface area contributed by atoms with Crippen LogP contribution in [0.15, 0.2) is 82.6 Å². The molecule has 0 spiro atoms. The van der Waals surface area contributed by atoms with Crippen molar-refractivity contribution in [1.82, 2.24) is 14.5 Å². The Bertz CT molecular complexity index is 1610. The third-order valence-corrected chi connectivity index (χ3v) is 8.70. The quantitative estimate of drug-likeness (QED) is 0.147. The number of amides is 3. The van der Waals surface area contributed by atoms with E-state index in [2.05, 4.69) is 5.32 Å². The lowest BCUT2D eigenvalue weighted by Crippen LogP contribution is -2.35. The number of hydrogen-bond acceptors (Lipinski definition) is 9. The summed E-state index contributed by atoms with van der Waals surface area (Å²) in [4.78, 5) is 33.9. The Balaban J connectivity index is 1.82. The van der Waals surface area contributed by atoms with Gasteiger partial charge in [0.05, 0.1) is 14.7 Å². The standard InChI is InChI=1S/C24H25N5O9S2/c1-17-5-11-21(12-6-17)39(35,36)27-24(31)25-19-3-2-4-22(15-19)40(37,38)28(14-13-23(30)26-32)16-18-7-9-20(10-8-18)29(33)34/h2-12,15,32H,13-14,16H2,1H3,(H,26,30)(H2,25,27,31). The van der Waals surface area contributed by atoms with Gasteiger partial charge in [-0.2, -0.15) is 4.31 Å². The van der Waals surface area contributed by atoms with Crippen molar-refractivity contribution in [1.29, 1.82) is 0 Å². The van der Waals surface area contributed by atoms with Crippen LogP contribution in [0.4, 0.5) is 16.2 Å². The van der Waals surface area contributed by atoms with E-state index < -0.39 is 43.3 Å². The Morgan fingerprint density at radius 3 is 2.20 bits per heavy atom. The lowest BCUT2D eigenvalue weighted by Gasteiger charge is -2.22. The molecule has 3 rings (SSSR count). The molecule has 0 aliphatic carbocycles. The average Bonchev–Trinajstić information content (AvgIpc) is 2.91. The van der Waals surface area contributed by atoms with E-state index in [1.54, 1.807) is 19.1 Å². The van der Waals surface area contributed by atoms with E-state index in [0.29, 0.717) is 5.56 Å². The Morgan fingerprint density at radius 2 is 1.60 bits per heavy atom. The second-order valence-electron chi connectivity index (χ2n) is 8.45. The van der Waals surface area contributed by atoms with Crippen LogP contribution in [0.2, 0.25) is 0 Å². The van der Waals surface area contributed by atoms with E-state index in [9.17, 15) is 36.5 Å². The largest absolute Gasteiger partial charge is 0.333 e. The van der Waals surface area contributed by atoms with Crippen molar-refractivity contribution in [3.05, 3.63) is 94.0 Å². The molecule has 0 aliphatic heterocycles. The van der Waals surface area contributed by atoms with E-state index in [0.717, 1.165) is 15.9 Å². The third kappa shape index (κ3) is 7.82. The molecule has 0 saturated heterocycles. The molecule has 0 radical (unpaired) electrons. The first-order valence-corrected chi connectivity index (χ1v) is 14.4. The van der Waals surface area contributed by atoms with Crippen LogP contribution < -0.4 is 15.5 Å². The van der Waals surface area contributed by atoms with Crippen LogP contribution in [-0.4, -0.2) is 49.8 Å². The summed E-state index contributed by atoms with van der Waals surface area (Å²) in [6.45, 7) is 1.14. The van der Waals surface area contributed by atoms with Gasteiger partial charge in [-0.15, -0.1) is 0 Å². The molecular formula is C24H25N5O9S2. The topological polar surface area (TPSA) is 205 Å². The maximum atomic E-state index is 13.5. The molecule has 3 aromatic carbocycles. The predicted octanol–water partition coefficient (Wildman–Crippen LogP) is 2.50. The Kier molecular flexibility index (Phi) is 9.54. The highest BCUT2D eigenvalue weighted by molar-refractivity contribution is 7.90. The number of nitro benzene ring substituents is 1. The summed E-state index contributed by atoms with van der Waals surface area (Å²) in [5.74, 6) is -0.842.